The van der Waals surface area contributed by atoms with Crippen molar-refractivity contribution in [3.05, 3.63) is 187 Å². The maximum atomic E-state index is 6.54. The molecule has 8 aromatic carbocycles. The van der Waals surface area contributed by atoms with E-state index in [1.54, 1.807) is 11.3 Å². The highest BCUT2D eigenvalue weighted by molar-refractivity contribution is 7.25. The van der Waals surface area contributed by atoms with Gasteiger partial charge in [0.2, 0.25) is 0 Å². The van der Waals surface area contributed by atoms with Crippen molar-refractivity contribution in [3.8, 4) is 67.5 Å². The van der Waals surface area contributed by atoms with Crippen LogP contribution >= 0.6 is 11.3 Å². The molecule has 0 unspecified atom stereocenters. The molecule has 0 N–H and O–H groups in total. The first-order valence-corrected chi connectivity index (χ1v) is 20.8. The SMILES string of the molecule is CC1(C)c2ccccc2-c2c(-c3cccc(-c4ccc5oc6cccc(-c7nc(-c8ccccc8)nc(-c8ccc9c(c8)sc8ccccc89)n7)c6c5c4)c3)cccc21. The van der Waals surface area contributed by atoms with E-state index >= 15 is 0 Å². The highest BCUT2D eigenvalue weighted by Crippen LogP contribution is 2.52. The molecule has 0 radical (unpaired) electrons. The molecule has 0 aliphatic heterocycles. The van der Waals surface area contributed by atoms with Crippen LogP contribution in [0.1, 0.15) is 25.0 Å². The maximum Gasteiger partial charge on any atom is 0.164 e. The Bertz CT molecular complexity index is 3490. The molecule has 3 aromatic heterocycles. The molecule has 0 bridgehead atoms. The van der Waals surface area contributed by atoms with Crippen LogP contribution in [0.4, 0.5) is 0 Å². The lowest BCUT2D eigenvalue weighted by Gasteiger charge is -2.21. The Kier molecular flexibility index (Phi) is 7.41. The standard InChI is InChI=1S/C54H35N3OS/c1-54(2)43-21-8-6-18-40(43)49-37(19-11-22-44(49)54)35-16-10-15-33(29-35)34-26-28-45-42(30-34)50-41(20-12-23-46(50)58-45)53-56-51(32-13-4-3-5-14-32)55-52(57-53)36-25-27-39-38-17-7-9-24-47(38)59-48(39)31-36/h3-31H,1-2H3. The number of hydrogen-bond donors (Lipinski definition) is 0. The fourth-order valence-corrected chi connectivity index (χ4v) is 10.4. The van der Waals surface area contributed by atoms with Crippen LogP contribution in [0.5, 0.6) is 0 Å². The van der Waals surface area contributed by atoms with E-state index in [1.807, 2.05) is 30.3 Å². The Labute approximate surface area is 345 Å². The van der Waals surface area contributed by atoms with Gasteiger partial charge in [0.05, 0.1) is 0 Å². The van der Waals surface area contributed by atoms with E-state index in [4.69, 9.17) is 19.4 Å². The smallest absolute Gasteiger partial charge is 0.164 e. The zero-order chi connectivity index (χ0) is 39.2. The quantitative estimate of drug-likeness (QED) is 0.175. The molecule has 1 aliphatic carbocycles. The van der Waals surface area contributed by atoms with Gasteiger partial charge in [-0.05, 0) is 80.9 Å². The minimum Gasteiger partial charge on any atom is -0.456 e. The summed E-state index contributed by atoms with van der Waals surface area (Å²) in [6.45, 7) is 4.67. The summed E-state index contributed by atoms with van der Waals surface area (Å²) >= 11 is 1.79. The predicted molar refractivity (Wildman–Crippen MR) is 245 cm³/mol. The summed E-state index contributed by atoms with van der Waals surface area (Å²) in [6.07, 6.45) is 0. The molecule has 12 rings (SSSR count). The van der Waals surface area contributed by atoms with Crippen LogP contribution in [0.25, 0.3) is 110 Å². The van der Waals surface area contributed by atoms with Gasteiger partial charge in [-0.25, -0.2) is 15.0 Å². The molecule has 11 aromatic rings. The Morgan fingerprint density at radius 3 is 1.97 bits per heavy atom. The van der Waals surface area contributed by atoms with Crippen molar-refractivity contribution in [3.63, 3.8) is 0 Å². The van der Waals surface area contributed by atoms with Gasteiger partial charge < -0.3 is 4.42 Å². The van der Waals surface area contributed by atoms with E-state index in [0.29, 0.717) is 17.5 Å². The Balaban J connectivity index is 1.01. The summed E-state index contributed by atoms with van der Waals surface area (Å²) in [6, 6.07) is 62.5. The first-order valence-electron chi connectivity index (χ1n) is 20.0. The number of aromatic nitrogens is 3. The first kappa shape index (κ1) is 33.9. The number of furan rings is 1. The largest absolute Gasteiger partial charge is 0.456 e. The van der Waals surface area contributed by atoms with Crippen molar-refractivity contribution < 1.29 is 4.42 Å². The normalized spacial score (nSPS) is 13.1. The zero-order valence-electron chi connectivity index (χ0n) is 32.4. The van der Waals surface area contributed by atoms with Crippen molar-refractivity contribution in [1.82, 2.24) is 15.0 Å². The topological polar surface area (TPSA) is 51.8 Å². The first-order chi connectivity index (χ1) is 29.0. The van der Waals surface area contributed by atoms with Gasteiger partial charge in [-0.2, -0.15) is 0 Å². The molecule has 0 saturated heterocycles. The second-order valence-electron chi connectivity index (χ2n) is 16.0. The van der Waals surface area contributed by atoms with Crippen LogP contribution in [0.3, 0.4) is 0 Å². The van der Waals surface area contributed by atoms with Gasteiger partial charge in [-0.15, -0.1) is 11.3 Å². The third kappa shape index (κ3) is 5.32. The van der Waals surface area contributed by atoms with Gasteiger partial charge in [0.15, 0.2) is 17.5 Å². The van der Waals surface area contributed by atoms with Crippen molar-refractivity contribution in [1.29, 1.82) is 0 Å². The van der Waals surface area contributed by atoms with Gasteiger partial charge in [-0.3, -0.25) is 0 Å². The molecule has 0 saturated carbocycles. The lowest BCUT2D eigenvalue weighted by atomic mass is 9.82. The number of benzene rings is 8. The second kappa shape index (κ2) is 12.9. The van der Waals surface area contributed by atoms with E-state index in [9.17, 15) is 0 Å². The summed E-state index contributed by atoms with van der Waals surface area (Å²) in [5.74, 6) is 1.86. The molecule has 1 aliphatic rings. The fraction of sp³-hybridized carbons (Fsp3) is 0.0556. The average Bonchev–Trinajstić information content (AvgIpc) is 3.93. The molecule has 3 heterocycles. The monoisotopic (exact) mass is 773 g/mol. The number of fused-ring (bicyclic) bond motifs is 9. The number of hydrogen-bond acceptors (Lipinski definition) is 5. The van der Waals surface area contributed by atoms with Crippen molar-refractivity contribution >= 4 is 53.4 Å². The van der Waals surface area contributed by atoms with Crippen LogP contribution < -0.4 is 0 Å². The van der Waals surface area contributed by atoms with Crippen LogP contribution in [-0.2, 0) is 5.41 Å². The van der Waals surface area contributed by atoms with Gasteiger partial charge in [0, 0.05) is 53.1 Å². The molecule has 4 nitrogen and oxygen atoms in total. The molecule has 278 valence electrons. The maximum absolute atomic E-state index is 6.54. The number of nitrogens with zero attached hydrogens (tertiary/aromatic N) is 3. The third-order valence-electron chi connectivity index (χ3n) is 12.2. The van der Waals surface area contributed by atoms with Crippen LogP contribution in [0, 0.1) is 0 Å². The molecular formula is C54H35N3OS. The van der Waals surface area contributed by atoms with E-state index in [0.717, 1.165) is 49.8 Å². The molecular weight excluding hydrogens is 739 g/mol. The zero-order valence-corrected chi connectivity index (χ0v) is 33.2. The van der Waals surface area contributed by atoms with E-state index in [2.05, 4.69) is 159 Å². The molecule has 0 atom stereocenters. The van der Waals surface area contributed by atoms with E-state index in [-0.39, 0.29) is 5.41 Å². The van der Waals surface area contributed by atoms with Gasteiger partial charge >= 0.3 is 0 Å². The highest BCUT2D eigenvalue weighted by Gasteiger charge is 2.36. The summed E-state index contributed by atoms with van der Waals surface area (Å²) in [4.78, 5) is 15.4. The summed E-state index contributed by atoms with van der Waals surface area (Å²) in [7, 11) is 0. The molecule has 0 amide bonds. The lowest BCUT2D eigenvalue weighted by molar-refractivity contribution is 0.660. The van der Waals surface area contributed by atoms with Gasteiger partial charge in [0.25, 0.3) is 0 Å². The Hall–Kier alpha value is -7.21. The fourth-order valence-electron chi connectivity index (χ4n) is 9.26. The Morgan fingerprint density at radius 1 is 0.407 bits per heavy atom. The van der Waals surface area contributed by atoms with E-state index < -0.39 is 0 Å². The second-order valence-corrected chi connectivity index (χ2v) is 17.0. The highest BCUT2D eigenvalue weighted by atomic mass is 32.1. The van der Waals surface area contributed by atoms with Gasteiger partial charge in [-0.1, -0.05) is 153 Å². The summed E-state index contributed by atoms with van der Waals surface area (Å²) < 4.78 is 9.01. The molecule has 5 heteroatoms. The molecule has 59 heavy (non-hydrogen) atoms. The minimum absolute atomic E-state index is 0.0570. The molecule has 0 spiro atoms. The van der Waals surface area contributed by atoms with Crippen molar-refractivity contribution in [2.75, 3.05) is 0 Å². The van der Waals surface area contributed by atoms with Crippen LogP contribution in [-0.4, -0.2) is 15.0 Å². The number of rotatable bonds is 5. The average molecular weight is 774 g/mol. The predicted octanol–water partition coefficient (Wildman–Crippen LogP) is 14.8. The Morgan fingerprint density at radius 2 is 1.05 bits per heavy atom. The van der Waals surface area contributed by atoms with Crippen molar-refractivity contribution in [2.45, 2.75) is 19.3 Å². The summed E-state index contributed by atoms with van der Waals surface area (Å²) in [5, 5.41) is 4.51. The van der Waals surface area contributed by atoms with E-state index in [1.165, 1.54) is 53.6 Å². The van der Waals surface area contributed by atoms with Crippen molar-refractivity contribution in [2.24, 2.45) is 0 Å². The number of thiophene rings is 1. The van der Waals surface area contributed by atoms with Gasteiger partial charge in [0.1, 0.15) is 11.2 Å². The van der Waals surface area contributed by atoms with Crippen LogP contribution in [0.2, 0.25) is 0 Å². The van der Waals surface area contributed by atoms with Crippen LogP contribution in [0.15, 0.2) is 180 Å². The lowest BCUT2D eigenvalue weighted by Crippen LogP contribution is -2.14. The summed E-state index contributed by atoms with van der Waals surface area (Å²) in [5.41, 5.74) is 14.5. The minimum atomic E-state index is -0.0570. The third-order valence-corrected chi connectivity index (χ3v) is 13.3. The molecule has 0 fully saturated rings.